The van der Waals surface area contributed by atoms with E-state index < -0.39 is 38.3 Å². The van der Waals surface area contributed by atoms with Gasteiger partial charge >= 0.3 is 6.18 Å². The number of hydrogen-bond acceptors (Lipinski definition) is 9. The van der Waals surface area contributed by atoms with Crippen molar-refractivity contribution in [2.75, 3.05) is 32.5 Å². The number of anilines is 1. The molecule has 0 atom stereocenters. The van der Waals surface area contributed by atoms with Crippen LogP contribution >= 0.6 is 11.3 Å². The molecule has 0 aliphatic carbocycles. The summed E-state index contributed by atoms with van der Waals surface area (Å²) in [7, 11) is -0.306. The second-order valence-corrected chi connectivity index (χ2v) is 11.4. The lowest BCUT2D eigenvalue weighted by Crippen LogP contribution is -2.42. The molecule has 4 heterocycles. The molecule has 1 aliphatic rings. The number of aromatic nitrogens is 4. The van der Waals surface area contributed by atoms with E-state index in [1.54, 1.807) is 25.1 Å². The van der Waals surface area contributed by atoms with Crippen molar-refractivity contribution in [3.63, 3.8) is 0 Å². The molecule has 0 aromatic carbocycles. The third-order valence-corrected chi connectivity index (χ3v) is 8.34. The van der Waals surface area contributed by atoms with Crippen LogP contribution in [-0.2, 0) is 22.7 Å². The lowest BCUT2D eigenvalue weighted by Gasteiger charge is -2.31. The van der Waals surface area contributed by atoms with Crippen LogP contribution in [-0.4, -0.2) is 70.8 Å². The molecular formula is C21H23F4N7O2S2. The maximum Gasteiger partial charge on any atom is 0.434 e. The number of hydrogen-bond donors (Lipinski definition) is 1. The van der Waals surface area contributed by atoms with Crippen molar-refractivity contribution >= 4 is 27.3 Å². The Balaban J connectivity index is 1.51. The van der Waals surface area contributed by atoms with Crippen LogP contribution in [0.2, 0.25) is 0 Å². The molecule has 0 bridgehead atoms. The van der Waals surface area contributed by atoms with E-state index in [1.165, 1.54) is 22.8 Å². The minimum atomic E-state index is -4.78. The highest BCUT2D eigenvalue weighted by Gasteiger charge is 2.39. The summed E-state index contributed by atoms with van der Waals surface area (Å²) in [5.74, 6) is -1.04. The molecule has 1 aliphatic heterocycles. The maximum atomic E-state index is 14.6. The summed E-state index contributed by atoms with van der Waals surface area (Å²) in [5, 5.41) is 3.18. The van der Waals surface area contributed by atoms with E-state index >= 15 is 0 Å². The van der Waals surface area contributed by atoms with E-state index in [9.17, 15) is 26.0 Å². The van der Waals surface area contributed by atoms with Crippen molar-refractivity contribution in [2.24, 2.45) is 0 Å². The Morgan fingerprint density at radius 1 is 1.19 bits per heavy atom. The summed E-state index contributed by atoms with van der Waals surface area (Å²) in [6.07, 6.45) is -0.398. The molecule has 0 spiro atoms. The zero-order valence-corrected chi connectivity index (χ0v) is 21.0. The van der Waals surface area contributed by atoms with Gasteiger partial charge in [-0.2, -0.15) is 17.5 Å². The van der Waals surface area contributed by atoms with Crippen molar-refractivity contribution in [1.82, 2.24) is 29.1 Å². The number of sulfonamides is 1. The van der Waals surface area contributed by atoms with Crippen molar-refractivity contribution in [1.29, 1.82) is 0 Å². The number of nitrogens with zero attached hydrogens (tertiary/aromatic N) is 6. The smallest absolute Gasteiger partial charge is 0.351 e. The Bertz CT molecular complexity index is 1310. The van der Waals surface area contributed by atoms with Crippen LogP contribution < -0.4 is 5.32 Å². The molecule has 1 N–H and O–H groups in total. The first-order valence-electron chi connectivity index (χ1n) is 10.9. The quantitative estimate of drug-likeness (QED) is 0.450. The highest BCUT2D eigenvalue weighted by atomic mass is 32.2. The maximum absolute atomic E-state index is 14.6. The molecular weight excluding hydrogens is 522 g/mol. The van der Waals surface area contributed by atoms with Gasteiger partial charge in [-0.05, 0) is 39.1 Å². The van der Waals surface area contributed by atoms with Crippen LogP contribution in [0, 0.1) is 5.82 Å². The molecule has 9 nitrogen and oxygen atoms in total. The molecule has 194 valence electrons. The van der Waals surface area contributed by atoms with E-state index in [0.717, 1.165) is 17.5 Å². The highest BCUT2D eigenvalue weighted by molar-refractivity contribution is 7.89. The monoisotopic (exact) mass is 545 g/mol. The number of alkyl halides is 3. The van der Waals surface area contributed by atoms with Crippen molar-refractivity contribution in [2.45, 2.75) is 36.5 Å². The SMILES string of the molecule is CN(C)Cc1nc(C(F)(F)F)c(-c2nc(NC3CCN(S(=O)(=O)c4cccnc4)CC3)ncc2F)s1. The van der Waals surface area contributed by atoms with Crippen LogP contribution in [0.15, 0.2) is 35.6 Å². The summed E-state index contributed by atoms with van der Waals surface area (Å²) in [6.45, 7) is 0.583. The van der Waals surface area contributed by atoms with Gasteiger partial charge in [0.1, 0.15) is 15.6 Å². The molecule has 36 heavy (non-hydrogen) atoms. The summed E-state index contributed by atoms with van der Waals surface area (Å²) in [5.41, 5.74) is -1.68. The number of halogens is 4. The summed E-state index contributed by atoms with van der Waals surface area (Å²) >= 11 is 0.728. The van der Waals surface area contributed by atoms with Gasteiger partial charge in [-0.15, -0.1) is 11.3 Å². The largest absolute Gasteiger partial charge is 0.434 e. The van der Waals surface area contributed by atoms with Gasteiger partial charge in [0.15, 0.2) is 11.5 Å². The second-order valence-electron chi connectivity index (χ2n) is 8.42. The Morgan fingerprint density at radius 3 is 2.53 bits per heavy atom. The third kappa shape index (κ3) is 5.79. The highest BCUT2D eigenvalue weighted by Crippen LogP contribution is 2.41. The molecule has 0 radical (unpaired) electrons. The second kappa shape index (κ2) is 10.3. The van der Waals surface area contributed by atoms with Gasteiger partial charge < -0.3 is 10.2 Å². The number of nitrogens with one attached hydrogen (secondary N) is 1. The predicted octanol–water partition coefficient (Wildman–Crippen LogP) is 3.48. The predicted molar refractivity (Wildman–Crippen MR) is 125 cm³/mol. The number of pyridine rings is 1. The van der Waals surface area contributed by atoms with E-state index in [0.29, 0.717) is 12.8 Å². The van der Waals surface area contributed by atoms with E-state index in [-0.39, 0.29) is 41.5 Å². The van der Waals surface area contributed by atoms with Crippen LogP contribution in [0.25, 0.3) is 10.6 Å². The Kier molecular flexibility index (Phi) is 7.54. The first kappa shape index (κ1) is 26.3. The van der Waals surface area contributed by atoms with Gasteiger partial charge in [0.05, 0.1) is 11.1 Å². The average Bonchev–Trinajstić information content (AvgIpc) is 3.25. The molecule has 15 heteroatoms. The molecule has 3 aromatic heterocycles. The molecule has 1 saturated heterocycles. The lowest BCUT2D eigenvalue weighted by atomic mass is 10.1. The molecule has 3 aromatic rings. The first-order chi connectivity index (χ1) is 16.9. The fourth-order valence-corrected chi connectivity index (χ4v) is 6.35. The zero-order chi connectivity index (χ0) is 26.1. The Morgan fingerprint density at radius 2 is 1.92 bits per heavy atom. The normalized spacial score (nSPS) is 16.0. The van der Waals surface area contributed by atoms with Crippen LogP contribution in [0.5, 0.6) is 0 Å². The van der Waals surface area contributed by atoms with E-state index in [1.807, 2.05) is 0 Å². The molecule has 0 saturated carbocycles. The molecule has 0 amide bonds. The minimum absolute atomic E-state index is 0.0457. The summed E-state index contributed by atoms with van der Waals surface area (Å²) in [6, 6.07) is 2.76. The summed E-state index contributed by atoms with van der Waals surface area (Å²) < 4.78 is 82.4. The molecule has 4 rings (SSSR count). The first-order valence-corrected chi connectivity index (χ1v) is 13.1. The van der Waals surface area contributed by atoms with Gasteiger partial charge in [-0.1, -0.05) is 0 Å². The number of piperidine rings is 1. The number of rotatable bonds is 7. The van der Waals surface area contributed by atoms with E-state index in [4.69, 9.17) is 0 Å². The standard InChI is InChI=1S/C21H23F4N7O2S2/c1-31(2)12-16-29-19(21(23,24)25)18(35-16)17-15(22)11-27-20(30-17)28-13-5-8-32(9-6-13)36(33,34)14-4-3-7-26-10-14/h3-4,7,10-11,13H,5-6,8-9,12H2,1-2H3,(H,27,28,30). The Labute approximate surface area is 209 Å². The molecule has 0 unspecified atom stereocenters. The minimum Gasteiger partial charge on any atom is -0.351 e. The van der Waals surface area contributed by atoms with Gasteiger partial charge in [0.2, 0.25) is 16.0 Å². The van der Waals surface area contributed by atoms with E-state index in [2.05, 4.69) is 25.3 Å². The van der Waals surface area contributed by atoms with Gasteiger partial charge in [-0.25, -0.2) is 27.8 Å². The Hall–Kier alpha value is -2.75. The fourth-order valence-electron chi connectivity index (χ4n) is 3.72. The van der Waals surface area contributed by atoms with Gasteiger partial charge in [0.25, 0.3) is 0 Å². The van der Waals surface area contributed by atoms with Crippen LogP contribution in [0.3, 0.4) is 0 Å². The lowest BCUT2D eigenvalue weighted by molar-refractivity contribution is -0.140. The average molecular weight is 546 g/mol. The third-order valence-electron chi connectivity index (χ3n) is 5.41. The number of thiazole rings is 1. The van der Waals surface area contributed by atoms with Crippen LogP contribution in [0.4, 0.5) is 23.5 Å². The fraction of sp³-hybridized carbons (Fsp3) is 0.429. The molecule has 1 fully saturated rings. The summed E-state index contributed by atoms with van der Waals surface area (Å²) in [4.78, 5) is 16.8. The van der Waals surface area contributed by atoms with Crippen molar-refractivity contribution in [3.05, 3.63) is 47.2 Å². The van der Waals surface area contributed by atoms with Crippen LogP contribution in [0.1, 0.15) is 23.5 Å². The van der Waals surface area contributed by atoms with Gasteiger partial charge in [0, 0.05) is 38.1 Å². The van der Waals surface area contributed by atoms with Crippen molar-refractivity contribution in [3.8, 4) is 10.6 Å². The van der Waals surface area contributed by atoms with Gasteiger partial charge in [-0.3, -0.25) is 4.98 Å². The zero-order valence-electron chi connectivity index (χ0n) is 19.3. The van der Waals surface area contributed by atoms with Crippen molar-refractivity contribution < 1.29 is 26.0 Å². The topological polar surface area (TPSA) is 104 Å².